The first-order chi connectivity index (χ1) is 10.5. The Morgan fingerprint density at radius 3 is 2.64 bits per heavy atom. The van der Waals surface area contributed by atoms with E-state index in [-0.39, 0.29) is 16.8 Å². The Hall–Kier alpha value is -1.88. The molecule has 0 heterocycles. The molecule has 0 fully saturated rings. The molecule has 0 aromatic heterocycles. The Morgan fingerprint density at radius 1 is 1.23 bits per heavy atom. The Morgan fingerprint density at radius 2 is 1.95 bits per heavy atom. The second-order valence-corrected chi connectivity index (χ2v) is 6.32. The van der Waals surface area contributed by atoms with Gasteiger partial charge in [0, 0.05) is 11.8 Å². The second kappa shape index (κ2) is 7.40. The van der Waals surface area contributed by atoms with E-state index in [1.807, 2.05) is 31.2 Å². The van der Waals surface area contributed by atoms with Crippen molar-refractivity contribution < 1.29 is 13.6 Å². The van der Waals surface area contributed by atoms with Gasteiger partial charge in [-0.15, -0.1) is 11.8 Å². The number of halogens is 2. The number of amides is 1. The van der Waals surface area contributed by atoms with Gasteiger partial charge in [-0.25, -0.2) is 8.78 Å². The summed E-state index contributed by atoms with van der Waals surface area (Å²) < 4.78 is 26.3. The number of hydrogen-bond donors (Lipinski definition) is 1. The fourth-order valence-electron chi connectivity index (χ4n) is 1.89. The SMILES string of the molecule is Cc1ccccc1CSC(C)C(=O)Nc1ccc(F)cc1F. The Labute approximate surface area is 132 Å². The topological polar surface area (TPSA) is 29.1 Å². The molecular formula is C17H17F2NOS. The zero-order valence-electron chi connectivity index (χ0n) is 12.4. The van der Waals surface area contributed by atoms with Crippen molar-refractivity contribution in [2.45, 2.75) is 24.9 Å². The van der Waals surface area contributed by atoms with E-state index in [9.17, 15) is 13.6 Å². The number of nitrogens with one attached hydrogen (secondary N) is 1. The predicted molar refractivity (Wildman–Crippen MR) is 86.9 cm³/mol. The van der Waals surface area contributed by atoms with Crippen LogP contribution in [0.15, 0.2) is 42.5 Å². The molecule has 116 valence electrons. The molecule has 2 aromatic rings. The number of benzene rings is 2. The first-order valence-electron chi connectivity index (χ1n) is 6.89. The highest BCUT2D eigenvalue weighted by Crippen LogP contribution is 2.22. The van der Waals surface area contributed by atoms with Gasteiger partial charge in [-0.05, 0) is 37.1 Å². The van der Waals surface area contributed by atoms with E-state index in [1.165, 1.54) is 29.0 Å². The van der Waals surface area contributed by atoms with Gasteiger partial charge in [0.2, 0.25) is 5.91 Å². The van der Waals surface area contributed by atoms with Crippen LogP contribution in [0.4, 0.5) is 14.5 Å². The van der Waals surface area contributed by atoms with Crippen molar-refractivity contribution in [1.29, 1.82) is 0 Å². The molecule has 1 atom stereocenters. The maximum Gasteiger partial charge on any atom is 0.237 e. The fourth-order valence-corrected chi connectivity index (χ4v) is 2.85. The molecule has 0 radical (unpaired) electrons. The summed E-state index contributed by atoms with van der Waals surface area (Å²) in [7, 11) is 0. The molecule has 1 N–H and O–H groups in total. The highest BCUT2D eigenvalue weighted by molar-refractivity contribution is 7.99. The lowest BCUT2D eigenvalue weighted by Gasteiger charge is -2.13. The van der Waals surface area contributed by atoms with Crippen molar-refractivity contribution in [3.63, 3.8) is 0 Å². The predicted octanol–water partition coefficient (Wildman–Crippen LogP) is 4.53. The molecule has 2 nitrogen and oxygen atoms in total. The van der Waals surface area contributed by atoms with Gasteiger partial charge in [-0.2, -0.15) is 0 Å². The Balaban J connectivity index is 1.93. The fraction of sp³-hybridized carbons (Fsp3) is 0.235. The summed E-state index contributed by atoms with van der Waals surface area (Å²) in [5.41, 5.74) is 2.34. The number of carbonyl (C=O) groups excluding carboxylic acids is 1. The molecule has 1 amide bonds. The Bertz CT molecular complexity index is 675. The summed E-state index contributed by atoms with van der Waals surface area (Å²) in [4.78, 5) is 12.1. The van der Waals surface area contributed by atoms with Crippen LogP contribution in [0.1, 0.15) is 18.1 Å². The molecule has 2 aromatic carbocycles. The number of hydrogen-bond acceptors (Lipinski definition) is 2. The average Bonchev–Trinajstić information content (AvgIpc) is 2.49. The van der Waals surface area contributed by atoms with Gasteiger partial charge >= 0.3 is 0 Å². The van der Waals surface area contributed by atoms with E-state index in [2.05, 4.69) is 5.32 Å². The zero-order chi connectivity index (χ0) is 16.1. The van der Waals surface area contributed by atoms with Crippen LogP contribution in [-0.4, -0.2) is 11.2 Å². The molecule has 2 rings (SSSR count). The third-order valence-corrected chi connectivity index (χ3v) is 4.50. The lowest BCUT2D eigenvalue weighted by atomic mass is 10.1. The van der Waals surface area contributed by atoms with Gasteiger partial charge in [0.15, 0.2) is 0 Å². The first-order valence-corrected chi connectivity index (χ1v) is 7.94. The monoisotopic (exact) mass is 321 g/mol. The maximum absolute atomic E-state index is 13.5. The third-order valence-electron chi connectivity index (χ3n) is 3.31. The van der Waals surface area contributed by atoms with E-state index in [0.29, 0.717) is 5.75 Å². The molecule has 0 aliphatic heterocycles. The normalized spacial score (nSPS) is 12.0. The van der Waals surface area contributed by atoms with E-state index in [0.717, 1.165) is 12.1 Å². The molecule has 0 saturated heterocycles. The van der Waals surface area contributed by atoms with E-state index >= 15 is 0 Å². The number of anilines is 1. The van der Waals surface area contributed by atoms with Crippen LogP contribution in [0.2, 0.25) is 0 Å². The summed E-state index contributed by atoms with van der Waals surface area (Å²) in [6.07, 6.45) is 0. The van der Waals surface area contributed by atoms with E-state index < -0.39 is 11.6 Å². The molecule has 0 spiro atoms. The number of carbonyl (C=O) groups is 1. The van der Waals surface area contributed by atoms with Crippen molar-refractivity contribution in [2.75, 3.05) is 5.32 Å². The molecular weight excluding hydrogens is 304 g/mol. The quantitative estimate of drug-likeness (QED) is 0.876. The average molecular weight is 321 g/mol. The summed E-state index contributed by atoms with van der Waals surface area (Å²) in [6.45, 7) is 3.79. The summed E-state index contributed by atoms with van der Waals surface area (Å²) in [5, 5.41) is 2.14. The standard InChI is InChI=1S/C17H17F2NOS/c1-11-5-3-4-6-13(11)10-22-12(2)17(21)20-16-8-7-14(18)9-15(16)19/h3-9,12H,10H2,1-2H3,(H,20,21). The van der Waals surface area contributed by atoms with Gasteiger partial charge in [0.05, 0.1) is 10.9 Å². The smallest absolute Gasteiger partial charge is 0.237 e. The van der Waals surface area contributed by atoms with Crippen LogP contribution in [0.5, 0.6) is 0 Å². The minimum absolute atomic E-state index is 0.00487. The molecule has 0 bridgehead atoms. The molecule has 1 unspecified atom stereocenters. The minimum Gasteiger partial charge on any atom is -0.323 e. The van der Waals surface area contributed by atoms with Crippen LogP contribution in [0, 0.1) is 18.6 Å². The van der Waals surface area contributed by atoms with Crippen LogP contribution < -0.4 is 5.32 Å². The second-order valence-electron chi connectivity index (χ2n) is 4.99. The van der Waals surface area contributed by atoms with Gasteiger partial charge < -0.3 is 5.32 Å². The van der Waals surface area contributed by atoms with E-state index in [4.69, 9.17) is 0 Å². The van der Waals surface area contributed by atoms with Gasteiger partial charge in [0.1, 0.15) is 11.6 Å². The molecule has 0 aliphatic rings. The molecule has 0 saturated carbocycles. The van der Waals surface area contributed by atoms with Crippen LogP contribution in [-0.2, 0) is 10.5 Å². The molecule has 22 heavy (non-hydrogen) atoms. The number of thioether (sulfide) groups is 1. The van der Waals surface area contributed by atoms with E-state index in [1.54, 1.807) is 6.92 Å². The highest BCUT2D eigenvalue weighted by atomic mass is 32.2. The van der Waals surface area contributed by atoms with Crippen LogP contribution in [0.3, 0.4) is 0 Å². The molecule has 0 aliphatic carbocycles. The Kier molecular flexibility index (Phi) is 5.55. The lowest BCUT2D eigenvalue weighted by Crippen LogP contribution is -2.23. The van der Waals surface area contributed by atoms with Gasteiger partial charge in [0.25, 0.3) is 0 Å². The van der Waals surface area contributed by atoms with Crippen LogP contribution >= 0.6 is 11.8 Å². The number of rotatable bonds is 5. The largest absolute Gasteiger partial charge is 0.323 e. The third kappa shape index (κ3) is 4.31. The zero-order valence-corrected chi connectivity index (χ0v) is 13.2. The maximum atomic E-state index is 13.5. The summed E-state index contributed by atoms with van der Waals surface area (Å²) in [6, 6.07) is 11.1. The molecule has 5 heteroatoms. The summed E-state index contributed by atoms with van der Waals surface area (Å²) in [5.74, 6) is -1.04. The summed E-state index contributed by atoms with van der Waals surface area (Å²) >= 11 is 1.47. The van der Waals surface area contributed by atoms with Crippen molar-refractivity contribution in [2.24, 2.45) is 0 Å². The minimum atomic E-state index is -0.774. The highest BCUT2D eigenvalue weighted by Gasteiger charge is 2.16. The van der Waals surface area contributed by atoms with Crippen LogP contribution in [0.25, 0.3) is 0 Å². The van der Waals surface area contributed by atoms with Crippen molar-refractivity contribution >= 4 is 23.4 Å². The van der Waals surface area contributed by atoms with Gasteiger partial charge in [-0.1, -0.05) is 24.3 Å². The number of aryl methyl sites for hydroxylation is 1. The van der Waals surface area contributed by atoms with Crippen molar-refractivity contribution in [1.82, 2.24) is 0 Å². The van der Waals surface area contributed by atoms with Gasteiger partial charge in [-0.3, -0.25) is 4.79 Å². The first kappa shape index (κ1) is 16.5. The lowest BCUT2D eigenvalue weighted by molar-refractivity contribution is -0.115. The van der Waals surface area contributed by atoms with Crippen molar-refractivity contribution in [3.05, 3.63) is 65.2 Å². The van der Waals surface area contributed by atoms with Crippen molar-refractivity contribution in [3.8, 4) is 0 Å².